The zero-order valence-electron chi connectivity index (χ0n) is 8.74. The maximum atomic E-state index is 13.7. The normalized spacial score (nSPS) is 30.7. The fourth-order valence-electron chi connectivity index (χ4n) is 2.24. The molecular formula is C12H15FO2. The lowest BCUT2D eigenvalue weighted by molar-refractivity contribution is 0.0324. The Bertz CT molecular complexity index is 353. The second-order valence-corrected chi connectivity index (χ2v) is 4.19. The smallest absolute Gasteiger partial charge is 0.127 e. The molecule has 2 nitrogen and oxygen atoms in total. The summed E-state index contributed by atoms with van der Waals surface area (Å²) in [6, 6.07) is 6.71. The van der Waals surface area contributed by atoms with Crippen LogP contribution < -0.4 is 0 Å². The van der Waals surface area contributed by atoms with Gasteiger partial charge in [0, 0.05) is 12.0 Å². The molecule has 1 aromatic rings. The highest BCUT2D eigenvalue weighted by Crippen LogP contribution is 2.38. The summed E-state index contributed by atoms with van der Waals surface area (Å²) in [5, 5.41) is 9.21. The molecule has 0 aromatic heterocycles. The van der Waals surface area contributed by atoms with Crippen LogP contribution in [0.4, 0.5) is 4.39 Å². The van der Waals surface area contributed by atoms with Crippen LogP contribution in [0.1, 0.15) is 18.9 Å². The zero-order valence-corrected chi connectivity index (χ0v) is 8.74. The van der Waals surface area contributed by atoms with Crippen LogP contribution in [-0.4, -0.2) is 24.4 Å². The van der Waals surface area contributed by atoms with E-state index < -0.39 is 5.41 Å². The predicted molar refractivity (Wildman–Crippen MR) is 55.2 cm³/mol. The Labute approximate surface area is 88.7 Å². The lowest BCUT2D eigenvalue weighted by Crippen LogP contribution is -2.35. The molecule has 82 valence electrons. The number of rotatable bonds is 2. The van der Waals surface area contributed by atoms with Crippen LogP contribution in [0.15, 0.2) is 24.3 Å². The quantitative estimate of drug-likeness (QED) is 0.807. The molecule has 2 rings (SSSR count). The van der Waals surface area contributed by atoms with Gasteiger partial charge < -0.3 is 9.84 Å². The third-order valence-electron chi connectivity index (χ3n) is 3.31. The Hall–Kier alpha value is -0.930. The van der Waals surface area contributed by atoms with Crippen molar-refractivity contribution in [1.82, 2.24) is 0 Å². The van der Waals surface area contributed by atoms with E-state index in [1.54, 1.807) is 12.1 Å². The number of hydrogen-bond donors (Lipinski definition) is 1. The predicted octanol–water partition coefficient (Wildman–Crippen LogP) is 1.86. The van der Waals surface area contributed by atoms with E-state index >= 15 is 0 Å². The molecule has 0 aliphatic carbocycles. The molecule has 0 radical (unpaired) electrons. The van der Waals surface area contributed by atoms with Crippen molar-refractivity contribution in [3.63, 3.8) is 0 Å². The monoisotopic (exact) mass is 210 g/mol. The number of benzene rings is 1. The summed E-state index contributed by atoms with van der Waals surface area (Å²) in [5.41, 5.74) is 0.238. The number of hydrogen-bond acceptors (Lipinski definition) is 2. The zero-order chi connectivity index (χ0) is 10.9. The van der Waals surface area contributed by atoms with Crippen LogP contribution in [-0.2, 0) is 10.2 Å². The molecule has 1 heterocycles. The third-order valence-corrected chi connectivity index (χ3v) is 3.31. The molecule has 15 heavy (non-hydrogen) atoms. The summed E-state index contributed by atoms with van der Waals surface area (Å²) in [5.74, 6) is -0.219. The molecule has 1 aromatic carbocycles. The lowest BCUT2D eigenvalue weighted by Gasteiger charge is -2.29. The van der Waals surface area contributed by atoms with Gasteiger partial charge in [0.25, 0.3) is 0 Å². The van der Waals surface area contributed by atoms with Crippen molar-refractivity contribution in [2.75, 3.05) is 13.2 Å². The topological polar surface area (TPSA) is 29.5 Å². The average Bonchev–Trinajstić information content (AvgIpc) is 2.61. The summed E-state index contributed by atoms with van der Waals surface area (Å²) in [6.07, 6.45) is 0.452. The Morgan fingerprint density at radius 3 is 2.93 bits per heavy atom. The average molecular weight is 210 g/mol. The van der Waals surface area contributed by atoms with Crippen LogP contribution in [0.3, 0.4) is 0 Å². The molecule has 1 fully saturated rings. The van der Waals surface area contributed by atoms with Gasteiger partial charge in [0.15, 0.2) is 0 Å². The number of aliphatic hydroxyl groups excluding tert-OH is 1. The maximum Gasteiger partial charge on any atom is 0.127 e. The minimum absolute atomic E-state index is 0.0646. The van der Waals surface area contributed by atoms with E-state index in [0.29, 0.717) is 12.2 Å². The van der Waals surface area contributed by atoms with E-state index in [-0.39, 0.29) is 18.5 Å². The van der Waals surface area contributed by atoms with Crippen molar-refractivity contribution < 1.29 is 14.2 Å². The first-order chi connectivity index (χ1) is 7.18. The number of halogens is 1. The minimum Gasteiger partial charge on any atom is -0.394 e. The molecular weight excluding hydrogens is 195 g/mol. The van der Waals surface area contributed by atoms with E-state index in [0.717, 1.165) is 6.42 Å². The molecule has 1 saturated heterocycles. The Morgan fingerprint density at radius 2 is 2.27 bits per heavy atom. The van der Waals surface area contributed by atoms with Crippen LogP contribution in [0.2, 0.25) is 0 Å². The van der Waals surface area contributed by atoms with Crippen LogP contribution in [0.5, 0.6) is 0 Å². The Kier molecular flexibility index (Phi) is 2.76. The van der Waals surface area contributed by atoms with E-state index in [1.165, 1.54) is 6.07 Å². The standard InChI is InChI=1S/C12H15FO2/c1-12(6-7-15-11(12)8-14)9-4-2-3-5-10(9)13/h2-5,11,14H,6-8H2,1H3. The fourth-order valence-corrected chi connectivity index (χ4v) is 2.24. The van der Waals surface area contributed by atoms with Crippen molar-refractivity contribution in [2.45, 2.75) is 24.9 Å². The molecule has 1 N–H and O–H groups in total. The summed E-state index contributed by atoms with van der Waals surface area (Å²) >= 11 is 0. The number of ether oxygens (including phenoxy) is 1. The highest BCUT2D eigenvalue weighted by Gasteiger charge is 2.42. The van der Waals surface area contributed by atoms with Gasteiger partial charge in [-0.2, -0.15) is 0 Å². The molecule has 0 bridgehead atoms. The third kappa shape index (κ3) is 1.66. The molecule has 1 aliphatic rings. The van der Waals surface area contributed by atoms with Gasteiger partial charge in [-0.1, -0.05) is 25.1 Å². The van der Waals surface area contributed by atoms with E-state index in [4.69, 9.17) is 4.74 Å². The summed E-state index contributed by atoms with van der Waals surface area (Å²) in [7, 11) is 0. The molecule has 1 aliphatic heterocycles. The first-order valence-electron chi connectivity index (χ1n) is 5.16. The SMILES string of the molecule is CC1(c2ccccc2F)CCOC1CO. The van der Waals surface area contributed by atoms with Gasteiger partial charge >= 0.3 is 0 Å². The van der Waals surface area contributed by atoms with Crippen molar-refractivity contribution in [3.8, 4) is 0 Å². The van der Waals surface area contributed by atoms with Gasteiger partial charge in [0.05, 0.1) is 12.7 Å². The maximum absolute atomic E-state index is 13.7. The van der Waals surface area contributed by atoms with Gasteiger partial charge in [-0.3, -0.25) is 0 Å². The molecule has 2 atom stereocenters. The molecule has 2 unspecified atom stereocenters. The summed E-state index contributed by atoms with van der Waals surface area (Å²) in [4.78, 5) is 0. The molecule has 0 spiro atoms. The second-order valence-electron chi connectivity index (χ2n) is 4.19. The van der Waals surface area contributed by atoms with Crippen molar-refractivity contribution in [1.29, 1.82) is 0 Å². The minimum atomic E-state index is -0.403. The Balaban J connectivity index is 2.40. The highest BCUT2D eigenvalue weighted by molar-refractivity contribution is 5.29. The molecule has 0 saturated carbocycles. The van der Waals surface area contributed by atoms with Gasteiger partial charge in [0.2, 0.25) is 0 Å². The van der Waals surface area contributed by atoms with E-state index in [2.05, 4.69) is 0 Å². The highest BCUT2D eigenvalue weighted by atomic mass is 19.1. The van der Waals surface area contributed by atoms with E-state index in [9.17, 15) is 9.50 Å². The first kappa shape index (κ1) is 10.6. The van der Waals surface area contributed by atoms with Crippen LogP contribution >= 0.6 is 0 Å². The van der Waals surface area contributed by atoms with Gasteiger partial charge in [-0.05, 0) is 18.1 Å². The fraction of sp³-hybridized carbons (Fsp3) is 0.500. The van der Waals surface area contributed by atoms with Gasteiger partial charge in [-0.15, -0.1) is 0 Å². The second kappa shape index (κ2) is 3.91. The first-order valence-corrected chi connectivity index (χ1v) is 5.16. The van der Waals surface area contributed by atoms with E-state index in [1.807, 2.05) is 13.0 Å². The van der Waals surface area contributed by atoms with Crippen LogP contribution in [0, 0.1) is 5.82 Å². The van der Waals surface area contributed by atoms with Crippen molar-refractivity contribution in [3.05, 3.63) is 35.6 Å². The largest absolute Gasteiger partial charge is 0.394 e. The van der Waals surface area contributed by atoms with Crippen molar-refractivity contribution in [2.24, 2.45) is 0 Å². The van der Waals surface area contributed by atoms with Crippen molar-refractivity contribution >= 4 is 0 Å². The molecule has 3 heteroatoms. The molecule has 0 amide bonds. The number of aliphatic hydroxyl groups is 1. The lowest BCUT2D eigenvalue weighted by atomic mass is 9.76. The van der Waals surface area contributed by atoms with Crippen LogP contribution in [0.25, 0.3) is 0 Å². The summed E-state index contributed by atoms with van der Waals surface area (Å²) in [6.45, 7) is 2.46. The Morgan fingerprint density at radius 1 is 1.53 bits per heavy atom. The van der Waals surface area contributed by atoms with Gasteiger partial charge in [-0.25, -0.2) is 4.39 Å². The summed E-state index contributed by atoms with van der Waals surface area (Å²) < 4.78 is 19.1. The van der Waals surface area contributed by atoms with Gasteiger partial charge in [0.1, 0.15) is 5.82 Å².